The molecule has 8 aliphatic rings. The lowest BCUT2D eigenvalue weighted by molar-refractivity contribution is -0.402. The fourth-order valence-corrected chi connectivity index (χ4v) is 12.2. The van der Waals surface area contributed by atoms with Crippen LogP contribution in [0.1, 0.15) is 19.3 Å². The van der Waals surface area contributed by atoms with Crippen LogP contribution < -0.4 is 5.73 Å². The number of rotatable bonds is 28. The van der Waals surface area contributed by atoms with Crippen LogP contribution in [0.3, 0.4) is 0 Å². The Morgan fingerprint density at radius 2 is 0.400 bits per heavy atom. The summed E-state index contributed by atoms with van der Waals surface area (Å²) in [7, 11) is 0. The van der Waals surface area contributed by atoms with E-state index < -0.39 is 299 Å². The Kier molecular flexibility index (Phi) is 29.5. The molecule has 0 aromatic heterocycles. The van der Waals surface area contributed by atoms with Crippen molar-refractivity contribution in [2.75, 3.05) is 66.0 Å². The molecule has 42 nitrogen and oxygen atoms in total. The van der Waals surface area contributed by atoms with Crippen LogP contribution in [0.5, 0.6) is 0 Å². The first kappa shape index (κ1) is 79.0. The molecule has 556 valence electrons. The number of nitrogens with two attached hydrogens (primary N) is 1. The fraction of sp³-hybridized carbons (Fsp3) is 1.00. The highest BCUT2D eigenvalue weighted by molar-refractivity contribution is 5.02. The van der Waals surface area contributed by atoms with Crippen molar-refractivity contribution in [3.63, 3.8) is 0 Å². The summed E-state index contributed by atoms with van der Waals surface area (Å²) in [6, 6.07) is 0. The molecule has 0 bridgehead atoms. The van der Waals surface area contributed by atoms with Crippen LogP contribution in [0, 0.1) is 0 Å². The van der Waals surface area contributed by atoms with Gasteiger partial charge >= 0.3 is 0 Å². The monoisotopic (exact) mass is 1400 g/mol. The molecule has 8 rings (SSSR count). The van der Waals surface area contributed by atoms with Gasteiger partial charge in [-0.05, 0) is 25.8 Å². The Balaban J connectivity index is 0.956. The molecule has 27 N–H and O–H groups in total. The highest BCUT2D eigenvalue weighted by Gasteiger charge is 2.60. The summed E-state index contributed by atoms with van der Waals surface area (Å²) in [5.41, 5.74) is 5.54. The summed E-state index contributed by atoms with van der Waals surface area (Å²) in [5, 5.41) is 273. The third-order valence-corrected chi connectivity index (χ3v) is 17.8. The maximum absolute atomic E-state index is 11.9. The first-order valence-electron chi connectivity index (χ1n) is 30.9. The second-order valence-electron chi connectivity index (χ2n) is 24.1. The van der Waals surface area contributed by atoms with E-state index in [1.54, 1.807) is 0 Å². The smallest absolute Gasteiger partial charge is 0.187 e. The predicted octanol–water partition coefficient (Wildman–Crippen LogP) is -17.3. The van der Waals surface area contributed by atoms with Crippen LogP contribution in [-0.4, -0.2) is 439 Å². The van der Waals surface area contributed by atoms with E-state index in [0.29, 0.717) is 25.8 Å². The van der Waals surface area contributed by atoms with Crippen molar-refractivity contribution in [2.24, 2.45) is 5.73 Å². The zero-order valence-corrected chi connectivity index (χ0v) is 50.6. The van der Waals surface area contributed by atoms with Crippen LogP contribution in [-0.2, 0) is 75.8 Å². The SMILES string of the molecule is NCCCCCO[C@@H]1OC(CO)[C@H](O)[C@H](OC2OC(CO)C(O)C(O[C@@H]3OC(CO)[C@H](O)[C@H](OC4OC(CO)C(O)C(O[C@@H]5OC(CO)[C@H](O)[C@H](OC6OC(CO)C(O)C(O[C@@H]7OC(CO)[C@H](O)[C@H](OC8OC(CO)C(O)C(O)C8O)C7O)C6O)C5O)C4O)C3O)C2O)C1O. The van der Waals surface area contributed by atoms with Crippen LogP contribution in [0.25, 0.3) is 0 Å². The summed E-state index contributed by atoms with van der Waals surface area (Å²) in [5.74, 6) is 0. The molecule has 8 heterocycles. The molecule has 8 fully saturated rings. The van der Waals surface area contributed by atoms with Gasteiger partial charge in [-0.3, -0.25) is 0 Å². The van der Waals surface area contributed by atoms with Gasteiger partial charge in [-0.2, -0.15) is 0 Å². The van der Waals surface area contributed by atoms with Crippen LogP contribution in [0.2, 0.25) is 0 Å². The molecule has 42 heteroatoms. The average molecular weight is 1400 g/mol. The molecule has 8 aliphatic heterocycles. The molecule has 40 atom stereocenters. The summed E-state index contributed by atoms with van der Waals surface area (Å²) >= 11 is 0. The molecule has 0 amide bonds. The molecular formula is C53H93NO41. The Labute approximate surface area is 539 Å². The lowest BCUT2D eigenvalue weighted by atomic mass is 9.95. The second-order valence-corrected chi connectivity index (χ2v) is 24.1. The standard InChI is InChI=1S/C53H93NO41/c54-4-2-1-3-5-80-46-32(73)39(23(64)15(7-56)81-46)90-48-34(75)41(25(66)17(9-58)83-48)92-50-36(77)43(27(68)19(11-60)85-50)94-52-38(79)45(29(70)21(13-62)87-52)95-53-37(78)44(28(69)20(12-61)88-53)93-51-35(76)42(26(67)18(10-59)86-51)91-49-33(74)40(24(65)16(8-57)84-49)89-47-31(72)30(71)22(63)14(6-55)82-47/h14-53,55-79H,1-13,54H2/t14?,15?,16?,17?,18?,19?,20?,21?,22?,23-,24-,25?,26?,27-,28-,29?,30?,31?,32?,33?,34?,35?,36?,37?,38?,39-,40-,41?,42?,43-,44-,45?,46+,47?,48?,49-,50-,51?,52?,53-/m0/s1. The normalized spacial score (nSPS) is 51.0. The molecule has 0 saturated carbocycles. The van der Waals surface area contributed by atoms with Gasteiger partial charge in [0.15, 0.2) is 50.3 Å². The van der Waals surface area contributed by atoms with Crippen molar-refractivity contribution in [3.8, 4) is 0 Å². The Bertz CT molecular complexity index is 2250. The highest BCUT2D eigenvalue weighted by atomic mass is 16.8. The minimum atomic E-state index is -2.38. The van der Waals surface area contributed by atoms with Crippen LogP contribution in [0.4, 0.5) is 0 Å². The molecule has 8 saturated heterocycles. The second kappa shape index (κ2) is 35.5. The van der Waals surface area contributed by atoms with Gasteiger partial charge < -0.3 is 209 Å². The van der Waals surface area contributed by atoms with Crippen molar-refractivity contribution < 1.29 is 203 Å². The van der Waals surface area contributed by atoms with Crippen molar-refractivity contribution in [2.45, 2.75) is 265 Å². The Hall–Kier alpha value is -1.68. The van der Waals surface area contributed by atoms with E-state index in [4.69, 9.17) is 81.5 Å². The quantitative estimate of drug-likeness (QED) is 0.0324. The molecule has 0 spiro atoms. The average Bonchev–Trinajstić information content (AvgIpc) is 0.809. The van der Waals surface area contributed by atoms with Gasteiger partial charge in [0.2, 0.25) is 0 Å². The van der Waals surface area contributed by atoms with E-state index in [0.717, 1.165) is 0 Å². The van der Waals surface area contributed by atoms with E-state index in [2.05, 4.69) is 0 Å². The lowest BCUT2D eigenvalue weighted by Crippen LogP contribution is -2.69. The van der Waals surface area contributed by atoms with Gasteiger partial charge in [0.1, 0.15) is 195 Å². The fourth-order valence-electron chi connectivity index (χ4n) is 12.2. The van der Waals surface area contributed by atoms with Gasteiger partial charge in [-0.1, -0.05) is 0 Å². The van der Waals surface area contributed by atoms with Crippen molar-refractivity contribution in [3.05, 3.63) is 0 Å². The topological polar surface area (TPSA) is 679 Å². The van der Waals surface area contributed by atoms with Crippen molar-refractivity contribution in [1.82, 2.24) is 0 Å². The third kappa shape index (κ3) is 17.2. The molecule has 0 aromatic rings. The van der Waals surface area contributed by atoms with Gasteiger partial charge in [0, 0.05) is 6.61 Å². The zero-order valence-electron chi connectivity index (χ0n) is 50.6. The number of hydrogen-bond donors (Lipinski definition) is 26. The zero-order chi connectivity index (χ0) is 69.6. The minimum Gasteiger partial charge on any atom is -0.394 e. The van der Waals surface area contributed by atoms with E-state index in [1.165, 1.54) is 0 Å². The molecular weight excluding hydrogens is 1310 g/mol. The van der Waals surface area contributed by atoms with Gasteiger partial charge in [-0.25, -0.2) is 0 Å². The first-order valence-corrected chi connectivity index (χ1v) is 30.9. The summed E-state index contributed by atoms with van der Waals surface area (Å²) in [6.07, 6.45) is -78.9. The predicted molar refractivity (Wildman–Crippen MR) is 291 cm³/mol. The first-order chi connectivity index (χ1) is 45.3. The molecule has 0 radical (unpaired) electrons. The summed E-state index contributed by atoms with van der Waals surface area (Å²) in [6.45, 7) is -7.76. The van der Waals surface area contributed by atoms with Crippen LogP contribution in [0.15, 0.2) is 0 Å². The molecule has 95 heavy (non-hydrogen) atoms. The van der Waals surface area contributed by atoms with Crippen LogP contribution >= 0.6 is 0 Å². The summed E-state index contributed by atoms with van der Waals surface area (Å²) < 4.78 is 90.6. The molecule has 28 unspecified atom stereocenters. The number of ether oxygens (including phenoxy) is 16. The van der Waals surface area contributed by atoms with Gasteiger partial charge in [0.05, 0.1) is 52.9 Å². The maximum atomic E-state index is 11.9. The van der Waals surface area contributed by atoms with E-state index in [-0.39, 0.29) is 6.61 Å². The van der Waals surface area contributed by atoms with Crippen molar-refractivity contribution in [1.29, 1.82) is 0 Å². The van der Waals surface area contributed by atoms with E-state index in [1.807, 2.05) is 0 Å². The van der Waals surface area contributed by atoms with E-state index >= 15 is 0 Å². The number of aliphatic hydroxyl groups excluding tert-OH is 25. The molecule has 0 aliphatic carbocycles. The number of unbranched alkanes of at least 4 members (excludes halogenated alkanes) is 2. The number of aliphatic hydroxyl groups is 25. The molecule has 0 aromatic carbocycles. The van der Waals surface area contributed by atoms with Gasteiger partial charge in [-0.15, -0.1) is 0 Å². The summed E-state index contributed by atoms with van der Waals surface area (Å²) in [4.78, 5) is 0. The Morgan fingerprint density at radius 3 is 0.611 bits per heavy atom. The number of hydrogen-bond acceptors (Lipinski definition) is 42. The lowest BCUT2D eigenvalue weighted by Gasteiger charge is -2.50. The Morgan fingerprint density at radius 1 is 0.211 bits per heavy atom. The minimum absolute atomic E-state index is 0.0331. The van der Waals surface area contributed by atoms with Crippen molar-refractivity contribution >= 4 is 0 Å². The maximum Gasteiger partial charge on any atom is 0.187 e. The van der Waals surface area contributed by atoms with E-state index in [9.17, 15) is 128 Å². The largest absolute Gasteiger partial charge is 0.394 e. The highest BCUT2D eigenvalue weighted by Crippen LogP contribution is 2.39. The van der Waals surface area contributed by atoms with Gasteiger partial charge in [0.25, 0.3) is 0 Å². The third-order valence-electron chi connectivity index (χ3n) is 17.8.